The van der Waals surface area contributed by atoms with Crippen LogP contribution in [0, 0.1) is 0 Å². The summed E-state index contributed by atoms with van der Waals surface area (Å²) in [5.74, 6) is -0.0156. The molecule has 1 amide bonds. The highest BCUT2D eigenvalue weighted by Gasteiger charge is 2.33. The fraction of sp³-hybridized carbons (Fsp3) is 0.409. The van der Waals surface area contributed by atoms with Crippen LogP contribution >= 0.6 is 11.3 Å². The lowest BCUT2D eigenvalue weighted by atomic mass is 10.1. The number of amides is 1. The lowest BCUT2D eigenvalue weighted by Gasteiger charge is -2.38. The van der Waals surface area contributed by atoms with Crippen molar-refractivity contribution in [3.63, 3.8) is 0 Å². The second kappa shape index (κ2) is 8.53. The second-order valence-electron chi connectivity index (χ2n) is 7.93. The summed E-state index contributed by atoms with van der Waals surface area (Å²) in [5, 5.41) is 3.14. The van der Waals surface area contributed by atoms with Crippen LogP contribution in [0.15, 0.2) is 47.8 Å². The van der Waals surface area contributed by atoms with E-state index in [4.69, 9.17) is 0 Å². The Bertz CT molecular complexity index is 1140. The van der Waals surface area contributed by atoms with Gasteiger partial charge in [0.15, 0.2) is 0 Å². The van der Waals surface area contributed by atoms with Crippen molar-refractivity contribution in [1.82, 2.24) is 13.8 Å². The molecule has 1 unspecified atom stereocenters. The molecule has 3 heterocycles. The molecule has 1 atom stereocenters. The monoisotopic (exact) mass is 445 g/mol. The summed E-state index contributed by atoms with van der Waals surface area (Å²) in [4.78, 5) is 16.3. The van der Waals surface area contributed by atoms with Gasteiger partial charge in [-0.15, -0.1) is 11.3 Å². The minimum atomic E-state index is -3.26. The molecule has 1 aromatic carbocycles. The Morgan fingerprint density at radius 2 is 1.93 bits per heavy atom. The predicted molar refractivity (Wildman–Crippen MR) is 121 cm³/mol. The van der Waals surface area contributed by atoms with E-state index in [1.165, 1.54) is 16.1 Å². The van der Waals surface area contributed by atoms with Crippen molar-refractivity contribution >= 4 is 37.5 Å². The van der Waals surface area contributed by atoms with Gasteiger partial charge in [0, 0.05) is 37.6 Å². The van der Waals surface area contributed by atoms with E-state index in [0.717, 1.165) is 29.6 Å². The molecule has 0 aliphatic carbocycles. The number of aromatic nitrogens is 1. The predicted octanol–water partition coefficient (Wildman–Crippen LogP) is 3.44. The highest BCUT2D eigenvalue weighted by molar-refractivity contribution is 7.88. The first kappa shape index (κ1) is 21.1. The first-order valence-corrected chi connectivity index (χ1v) is 12.9. The number of thiophene rings is 1. The highest BCUT2D eigenvalue weighted by atomic mass is 32.2. The van der Waals surface area contributed by atoms with Crippen LogP contribution in [0.4, 0.5) is 0 Å². The summed E-state index contributed by atoms with van der Waals surface area (Å²) in [6.45, 7) is 3.81. The van der Waals surface area contributed by atoms with Crippen LogP contribution in [0.5, 0.6) is 0 Å². The zero-order valence-electron chi connectivity index (χ0n) is 17.3. The van der Waals surface area contributed by atoms with Gasteiger partial charge in [0.2, 0.25) is 10.0 Å². The van der Waals surface area contributed by atoms with Gasteiger partial charge in [-0.05, 0) is 42.8 Å². The number of hydrogen-bond acceptors (Lipinski definition) is 4. The molecule has 8 heteroatoms. The molecule has 0 radical (unpaired) electrons. The Balaban J connectivity index is 1.51. The Labute approximate surface area is 181 Å². The molecule has 1 fully saturated rings. The number of aryl methyl sites for hydroxylation is 2. The van der Waals surface area contributed by atoms with Gasteiger partial charge in [-0.3, -0.25) is 4.79 Å². The Morgan fingerprint density at radius 3 is 2.63 bits per heavy atom. The normalized spacial score (nSPS) is 18.2. The summed E-state index contributed by atoms with van der Waals surface area (Å²) in [6, 6.07) is 14.2. The van der Waals surface area contributed by atoms with Crippen LogP contribution < -0.4 is 0 Å². The zero-order chi connectivity index (χ0) is 21.3. The second-order valence-corrected chi connectivity index (χ2v) is 10.8. The van der Waals surface area contributed by atoms with Crippen LogP contribution in [0.2, 0.25) is 0 Å². The van der Waals surface area contributed by atoms with Crippen molar-refractivity contribution in [2.75, 3.05) is 25.9 Å². The molecule has 0 bridgehead atoms. The van der Waals surface area contributed by atoms with Crippen LogP contribution in [-0.4, -0.2) is 60.0 Å². The minimum Gasteiger partial charge on any atom is -0.334 e. The first-order chi connectivity index (χ1) is 14.3. The van der Waals surface area contributed by atoms with Crippen molar-refractivity contribution < 1.29 is 13.2 Å². The number of rotatable bonds is 6. The molecular weight excluding hydrogens is 418 g/mol. The average molecular weight is 446 g/mol. The molecule has 6 nitrogen and oxygen atoms in total. The van der Waals surface area contributed by atoms with Crippen molar-refractivity contribution in [2.24, 2.45) is 0 Å². The highest BCUT2D eigenvalue weighted by Crippen LogP contribution is 2.27. The van der Waals surface area contributed by atoms with E-state index in [1.807, 2.05) is 19.1 Å². The van der Waals surface area contributed by atoms with Gasteiger partial charge < -0.3 is 9.47 Å². The van der Waals surface area contributed by atoms with E-state index in [2.05, 4.69) is 40.3 Å². The molecular formula is C22H27N3O3S2. The van der Waals surface area contributed by atoms with E-state index < -0.39 is 10.0 Å². The first-order valence-electron chi connectivity index (χ1n) is 10.2. The maximum Gasteiger partial charge on any atom is 0.270 e. The Kier molecular flexibility index (Phi) is 5.99. The van der Waals surface area contributed by atoms with Gasteiger partial charge in [-0.25, -0.2) is 8.42 Å². The molecule has 0 N–H and O–H groups in total. The number of nitrogens with zero attached hydrogens (tertiary/aromatic N) is 3. The molecule has 1 aliphatic rings. The average Bonchev–Trinajstić information content (AvgIpc) is 3.29. The number of hydrogen-bond donors (Lipinski definition) is 0. The van der Waals surface area contributed by atoms with E-state index in [1.54, 1.807) is 16.2 Å². The summed E-state index contributed by atoms with van der Waals surface area (Å²) in [7, 11) is -3.26. The quantitative estimate of drug-likeness (QED) is 0.584. The summed E-state index contributed by atoms with van der Waals surface area (Å²) in [5.41, 5.74) is 2.00. The molecule has 1 aliphatic heterocycles. The van der Waals surface area contributed by atoms with E-state index in [-0.39, 0.29) is 11.9 Å². The molecule has 0 spiro atoms. The van der Waals surface area contributed by atoms with Crippen LogP contribution in [0.1, 0.15) is 29.4 Å². The Hall–Kier alpha value is -2.16. The number of carbonyl (C=O) groups excluding carboxylic acids is 1. The van der Waals surface area contributed by atoms with E-state index in [0.29, 0.717) is 25.3 Å². The third-order valence-electron chi connectivity index (χ3n) is 5.69. The fourth-order valence-corrected chi connectivity index (χ4v) is 6.30. The van der Waals surface area contributed by atoms with Crippen molar-refractivity contribution in [3.05, 3.63) is 59.1 Å². The molecule has 0 saturated carbocycles. The standard InChI is InChI=1S/C22H27N3O3S2/c1-17-16-23(12-13-25(17)30(2,27)28)21(26)20-15-19-10-14-29-22(19)24(20)11-6-9-18-7-4-3-5-8-18/h3-5,7-8,10,14-15,17H,6,9,11-13,16H2,1-2H3. The van der Waals surface area contributed by atoms with Gasteiger partial charge in [-0.2, -0.15) is 4.31 Å². The lowest BCUT2D eigenvalue weighted by Crippen LogP contribution is -2.55. The molecule has 1 saturated heterocycles. The SMILES string of the molecule is CC1CN(C(=O)c2cc3ccsc3n2CCCc2ccccc2)CCN1S(C)(=O)=O. The molecule has 3 aromatic rings. The number of benzene rings is 1. The number of sulfonamides is 1. The molecule has 30 heavy (non-hydrogen) atoms. The number of carbonyl (C=O) groups is 1. The van der Waals surface area contributed by atoms with Crippen LogP contribution in [-0.2, 0) is 23.0 Å². The summed E-state index contributed by atoms with van der Waals surface area (Å²) in [6.07, 6.45) is 3.14. The largest absolute Gasteiger partial charge is 0.334 e. The van der Waals surface area contributed by atoms with Gasteiger partial charge in [-0.1, -0.05) is 30.3 Å². The summed E-state index contributed by atoms with van der Waals surface area (Å²) >= 11 is 1.65. The number of fused-ring (bicyclic) bond motifs is 1. The topological polar surface area (TPSA) is 62.6 Å². The van der Waals surface area contributed by atoms with Gasteiger partial charge >= 0.3 is 0 Å². The third kappa shape index (κ3) is 4.31. The minimum absolute atomic E-state index is 0.0156. The van der Waals surface area contributed by atoms with Crippen LogP contribution in [0.25, 0.3) is 10.2 Å². The molecule has 160 valence electrons. The molecule has 4 rings (SSSR count). The zero-order valence-corrected chi connectivity index (χ0v) is 19.0. The maximum atomic E-state index is 13.4. The van der Waals surface area contributed by atoms with Crippen molar-refractivity contribution in [3.8, 4) is 0 Å². The van der Waals surface area contributed by atoms with E-state index in [9.17, 15) is 13.2 Å². The number of piperazine rings is 1. The van der Waals surface area contributed by atoms with Gasteiger partial charge in [0.1, 0.15) is 10.5 Å². The van der Waals surface area contributed by atoms with Crippen LogP contribution in [0.3, 0.4) is 0 Å². The smallest absolute Gasteiger partial charge is 0.270 e. The third-order valence-corrected chi connectivity index (χ3v) is 8.04. The van der Waals surface area contributed by atoms with Crippen molar-refractivity contribution in [1.29, 1.82) is 0 Å². The van der Waals surface area contributed by atoms with Crippen molar-refractivity contribution in [2.45, 2.75) is 32.4 Å². The lowest BCUT2D eigenvalue weighted by molar-refractivity contribution is 0.0632. The maximum absolute atomic E-state index is 13.4. The fourth-order valence-electron chi connectivity index (χ4n) is 4.24. The van der Waals surface area contributed by atoms with Gasteiger partial charge in [0.25, 0.3) is 5.91 Å². The molecule has 2 aromatic heterocycles. The van der Waals surface area contributed by atoms with Gasteiger partial charge in [0.05, 0.1) is 6.26 Å². The Morgan fingerprint density at radius 1 is 1.17 bits per heavy atom. The van der Waals surface area contributed by atoms with E-state index >= 15 is 0 Å². The summed E-state index contributed by atoms with van der Waals surface area (Å²) < 4.78 is 27.5.